The molecule has 0 spiro atoms. The molecule has 2 aromatic rings. The Labute approximate surface area is 188 Å². The van der Waals surface area contributed by atoms with Crippen LogP contribution >= 0.6 is 35.3 Å². The molecule has 0 aliphatic rings. The van der Waals surface area contributed by atoms with Gasteiger partial charge in [-0.2, -0.15) is 11.3 Å². The largest absolute Gasteiger partial charge is 0.383 e. The molecule has 0 unspecified atom stereocenters. The molecule has 0 amide bonds. The van der Waals surface area contributed by atoms with Crippen molar-refractivity contribution in [1.29, 1.82) is 0 Å². The van der Waals surface area contributed by atoms with Crippen molar-refractivity contribution in [2.24, 2.45) is 4.99 Å². The molecule has 0 saturated carbocycles. The summed E-state index contributed by atoms with van der Waals surface area (Å²) in [4.78, 5) is 4.78. The van der Waals surface area contributed by atoms with E-state index in [1.165, 1.54) is 7.11 Å². The van der Waals surface area contributed by atoms with Crippen molar-refractivity contribution in [3.8, 4) is 0 Å². The molecule has 0 atom stereocenters. The third-order valence-electron chi connectivity index (χ3n) is 3.61. The highest BCUT2D eigenvalue weighted by Crippen LogP contribution is 2.11. The Balaban J connectivity index is 0.00000392. The molecular formula is C18H27IN4O3S2. The van der Waals surface area contributed by atoms with Crippen LogP contribution in [0.2, 0.25) is 0 Å². The lowest BCUT2D eigenvalue weighted by atomic mass is 10.2. The zero-order chi connectivity index (χ0) is 19.5. The second kappa shape index (κ2) is 13.1. The van der Waals surface area contributed by atoms with Gasteiger partial charge in [0.05, 0.1) is 18.0 Å². The van der Waals surface area contributed by atoms with E-state index < -0.39 is 10.0 Å². The number of thiophene rings is 1. The zero-order valence-electron chi connectivity index (χ0n) is 16.0. The number of aliphatic imine (C=N–C) groups is 1. The maximum absolute atomic E-state index is 12.3. The van der Waals surface area contributed by atoms with Crippen LogP contribution in [0.15, 0.2) is 51.0 Å². The summed E-state index contributed by atoms with van der Waals surface area (Å²) >= 11 is 1.64. The number of rotatable bonds is 10. The first-order chi connectivity index (χ1) is 13.0. The molecule has 0 aliphatic carbocycles. The topological polar surface area (TPSA) is 91.8 Å². The lowest BCUT2D eigenvalue weighted by molar-refractivity contribution is 0.204. The van der Waals surface area contributed by atoms with Crippen LogP contribution in [0.3, 0.4) is 0 Å². The van der Waals surface area contributed by atoms with Crippen molar-refractivity contribution in [1.82, 2.24) is 15.4 Å². The maximum atomic E-state index is 12.3. The van der Waals surface area contributed by atoms with Crippen LogP contribution < -0.4 is 15.4 Å². The van der Waals surface area contributed by atoms with Crippen molar-refractivity contribution >= 4 is 51.3 Å². The fourth-order valence-electron chi connectivity index (χ4n) is 2.26. The predicted molar refractivity (Wildman–Crippen MR) is 125 cm³/mol. The molecule has 1 aromatic carbocycles. The van der Waals surface area contributed by atoms with Crippen LogP contribution in [0.4, 0.5) is 0 Å². The van der Waals surface area contributed by atoms with Gasteiger partial charge < -0.3 is 15.4 Å². The van der Waals surface area contributed by atoms with Crippen molar-refractivity contribution in [2.75, 3.05) is 26.8 Å². The van der Waals surface area contributed by atoms with E-state index in [1.54, 1.807) is 29.5 Å². The van der Waals surface area contributed by atoms with Crippen LogP contribution in [0.25, 0.3) is 0 Å². The summed E-state index contributed by atoms with van der Waals surface area (Å²) in [7, 11) is -2.02. The lowest BCUT2D eigenvalue weighted by Crippen LogP contribution is -2.36. The quantitative estimate of drug-likeness (QED) is 0.187. The molecule has 3 N–H and O–H groups in total. The number of hydrogen-bond acceptors (Lipinski definition) is 5. The standard InChI is InChI=1S/C18H26N4O3S2.HI/c1-3-19-18(21-13-16-7-10-26-14-16)20-12-15-5-4-6-17(11-15)27(23,24)22-8-9-25-2;/h4-7,10-11,14,22H,3,8-9,12-13H2,1-2H3,(H2,19,20,21);1H. The SMILES string of the molecule is CCNC(=NCc1ccsc1)NCc1cccc(S(=O)(=O)NCCOC)c1.I. The van der Waals surface area contributed by atoms with Gasteiger partial charge in [-0.3, -0.25) is 0 Å². The molecule has 0 bridgehead atoms. The van der Waals surface area contributed by atoms with Gasteiger partial charge in [-0.1, -0.05) is 12.1 Å². The van der Waals surface area contributed by atoms with E-state index in [1.807, 2.05) is 24.4 Å². The number of hydrogen-bond donors (Lipinski definition) is 3. The Morgan fingerprint density at radius 2 is 2.04 bits per heavy atom. The molecule has 0 saturated heterocycles. The molecule has 2 rings (SSSR count). The molecule has 0 fully saturated rings. The highest BCUT2D eigenvalue weighted by Gasteiger charge is 2.13. The normalized spacial score (nSPS) is 11.7. The zero-order valence-corrected chi connectivity index (χ0v) is 19.9. The van der Waals surface area contributed by atoms with Gasteiger partial charge in [-0.05, 0) is 47.0 Å². The third kappa shape index (κ3) is 8.43. The highest BCUT2D eigenvalue weighted by molar-refractivity contribution is 14.0. The minimum absolute atomic E-state index is 0. The molecule has 7 nitrogen and oxygen atoms in total. The Morgan fingerprint density at radius 1 is 1.21 bits per heavy atom. The molecule has 1 heterocycles. The van der Waals surface area contributed by atoms with E-state index in [0.29, 0.717) is 25.7 Å². The van der Waals surface area contributed by atoms with E-state index in [-0.39, 0.29) is 35.4 Å². The van der Waals surface area contributed by atoms with E-state index >= 15 is 0 Å². The molecular weight excluding hydrogens is 511 g/mol. The second-order valence-electron chi connectivity index (χ2n) is 5.72. The van der Waals surface area contributed by atoms with Gasteiger partial charge in [0.15, 0.2) is 5.96 Å². The van der Waals surface area contributed by atoms with Crippen LogP contribution in [0, 0.1) is 0 Å². The third-order valence-corrected chi connectivity index (χ3v) is 5.80. The number of sulfonamides is 1. The number of guanidine groups is 1. The Hall–Kier alpha value is -1.21. The Kier molecular flexibility index (Phi) is 11.6. The molecule has 1 aromatic heterocycles. The molecule has 156 valence electrons. The fourth-order valence-corrected chi connectivity index (χ4v) is 4.01. The first-order valence-electron chi connectivity index (χ1n) is 8.66. The predicted octanol–water partition coefficient (Wildman–Crippen LogP) is 2.55. The maximum Gasteiger partial charge on any atom is 0.240 e. The number of nitrogens with one attached hydrogen (secondary N) is 3. The summed E-state index contributed by atoms with van der Waals surface area (Å²) in [5.41, 5.74) is 2.01. The number of nitrogens with zero attached hydrogens (tertiary/aromatic N) is 1. The van der Waals surface area contributed by atoms with Gasteiger partial charge in [0, 0.05) is 26.7 Å². The van der Waals surface area contributed by atoms with Crippen molar-refractivity contribution in [2.45, 2.75) is 24.9 Å². The molecule has 28 heavy (non-hydrogen) atoms. The van der Waals surface area contributed by atoms with Gasteiger partial charge in [0.2, 0.25) is 10.0 Å². The Bertz CT molecular complexity index is 827. The summed E-state index contributed by atoms with van der Waals surface area (Å²) in [6.45, 7) is 4.37. The minimum atomic E-state index is -3.55. The first kappa shape index (κ1) is 24.8. The van der Waals surface area contributed by atoms with Gasteiger partial charge in [-0.25, -0.2) is 18.1 Å². The Morgan fingerprint density at radius 3 is 2.71 bits per heavy atom. The molecule has 0 radical (unpaired) electrons. The summed E-state index contributed by atoms with van der Waals surface area (Å²) in [5.74, 6) is 0.690. The van der Waals surface area contributed by atoms with E-state index in [2.05, 4.69) is 25.7 Å². The molecule has 0 aliphatic heterocycles. The summed E-state index contributed by atoms with van der Waals surface area (Å²) in [6.07, 6.45) is 0. The van der Waals surface area contributed by atoms with Crippen molar-refractivity contribution in [3.05, 3.63) is 52.2 Å². The number of ether oxygens (including phenoxy) is 1. The van der Waals surface area contributed by atoms with Crippen LogP contribution in [-0.4, -0.2) is 41.2 Å². The summed E-state index contributed by atoms with van der Waals surface area (Å²) < 4.78 is 32.0. The van der Waals surface area contributed by atoms with Crippen molar-refractivity contribution in [3.63, 3.8) is 0 Å². The fraction of sp³-hybridized carbons (Fsp3) is 0.389. The van der Waals surface area contributed by atoms with Gasteiger partial charge in [0.25, 0.3) is 0 Å². The lowest BCUT2D eigenvalue weighted by Gasteiger charge is -2.12. The average Bonchev–Trinajstić information content (AvgIpc) is 3.18. The van der Waals surface area contributed by atoms with E-state index in [0.717, 1.165) is 17.7 Å². The summed E-state index contributed by atoms with van der Waals surface area (Å²) in [6, 6.07) is 8.89. The van der Waals surface area contributed by atoms with Crippen LogP contribution in [0.5, 0.6) is 0 Å². The van der Waals surface area contributed by atoms with E-state index in [9.17, 15) is 8.42 Å². The number of benzene rings is 1. The average molecular weight is 538 g/mol. The second-order valence-corrected chi connectivity index (χ2v) is 8.27. The summed E-state index contributed by atoms with van der Waals surface area (Å²) in [5, 5.41) is 10.5. The highest BCUT2D eigenvalue weighted by atomic mass is 127. The van der Waals surface area contributed by atoms with Crippen LogP contribution in [0.1, 0.15) is 18.1 Å². The first-order valence-corrected chi connectivity index (χ1v) is 11.1. The van der Waals surface area contributed by atoms with E-state index in [4.69, 9.17) is 4.74 Å². The smallest absolute Gasteiger partial charge is 0.240 e. The number of methoxy groups -OCH3 is 1. The molecule has 10 heteroatoms. The van der Waals surface area contributed by atoms with Gasteiger partial charge in [-0.15, -0.1) is 24.0 Å². The van der Waals surface area contributed by atoms with Gasteiger partial charge >= 0.3 is 0 Å². The minimum Gasteiger partial charge on any atom is -0.383 e. The monoisotopic (exact) mass is 538 g/mol. The van der Waals surface area contributed by atoms with Crippen molar-refractivity contribution < 1.29 is 13.2 Å². The van der Waals surface area contributed by atoms with Gasteiger partial charge in [0.1, 0.15) is 0 Å². The number of halogens is 1. The van der Waals surface area contributed by atoms with Crippen LogP contribution in [-0.2, 0) is 27.8 Å².